The third-order valence-corrected chi connectivity index (χ3v) is 2.69. The number of benzene rings is 1. The smallest absolute Gasteiger partial charge is 0.346 e. The van der Waals surface area contributed by atoms with Gasteiger partial charge in [0.05, 0.1) is 12.0 Å². The van der Waals surface area contributed by atoms with Crippen LogP contribution in [0.4, 0.5) is 0 Å². The summed E-state index contributed by atoms with van der Waals surface area (Å²) in [5, 5.41) is 1.40. The molecule has 5 heteroatoms. The summed E-state index contributed by atoms with van der Waals surface area (Å²) in [5.74, 6) is 0.0591. The van der Waals surface area contributed by atoms with Gasteiger partial charge >= 0.3 is 11.6 Å². The Morgan fingerprint density at radius 1 is 1.29 bits per heavy atom. The first-order valence-electron chi connectivity index (χ1n) is 5.28. The summed E-state index contributed by atoms with van der Waals surface area (Å²) in [5.41, 5.74) is 4.89. The van der Waals surface area contributed by atoms with Gasteiger partial charge < -0.3 is 14.9 Å². The lowest BCUT2D eigenvalue weighted by Gasteiger charge is -2.07. The van der Waals surface area contributed by atoms with Crippen molar-refractivity contribution in [1.29, 1.82) is 0 Å². The van der Waals surface area contributed by atoms with Crippen LogP contribution in [0.5, 0.6) is 5.95 Å². The van der Waals surface area contributed by atoms with Crippen molar-refractivity contribution in [1.82, 2.24) is 0 Å². The first-order chi connectivity index (χ1) is 8.24. The van der Waals surface area contributed by atoms with E-state index < -0.39 is 5.63 Å². The van der Waals surface area contributed by atoms with Crippen molar-refractivity contribution in [2.24, 2.45) is 5.73 Å². The van der Waals surface area contributed by atoms with Gasteiger partial charge in [-0.15, -0.1) is 0 Å². The zero-order valence-corrected chi connectivity index (χ0v) is 9.87. The molecule has 2 aromatic rings. The van der Waals surface area contributed by atoms with E-state index >= 15 is 0 Å². The standard InChI is InChI=1S/C12H12ClNO3/c13-10-8-4-1-2-5-9(8)11(15)17-12(10)16-7-3-6-14/h1-2,4-5H,3,6-7,14H2. The van der Waals surface area contributed by atoms with Crippen LogP contribution in [0.2, 0.25) is 5.02 Å². The van der Waals surface area contributed by atoms with E-state index in [0.717, 1.165) is 0 Å². The first kappa shape index (κ1) is 12.0. The van der Waals surface area contributed by atoms with Crippen LogP contribution in [-0.2, 0) is 0 Å². The predicted molar refractivity (Wildman–Crippen MR) is 66.7 cm³/mol. The molecule has 2 rings (SSSR count). The molecule has 1 heterocycles. The maximum Gasteiger partial charge on any atom is 0.346 e. The van der Waals surface area contributed by atoms with E-state index in [4.69, 9.17) is 26.5 Å². The van der Waals surface area contributed by atoms with Crippen LogP contribution in [0.25, 0.3) is 10.8 Å². The summed E-state index contributed by atoms with van der Waals surface area (Å²) < 4.78 is 10.3. The molecule has 1 aromatic carbocycles. The fraction of sp³-hybridized carbons (Fsp3) is 0.250. The third kappa shape index (κ3) is 2.43. The minimum Gasteiger partial charge on any atom is -0.464 e. The van der Waals surface area contributed by atoms with E-state index in [1.54, 1.807) is 24.3 Å². The van der Waals surface area contributed by atoms with Crippen LogP contribution in [0, 0.1) is 0 Å². The highest BCUT2D eigenvalue weighted by Crippen LogP contribution is 2.30. The number of hydrogen-bond acceptors (Lipinski definition) is 4. The lowest BCUT2D eigenvalue weighted by Crippen LogP contribution is -2.08. The van der Waals surface area contributed by atoms with Crippen LogP contribution in [0.1, 0.15) is 6.42 Å². The lowest BCUT2D eigenvalue weighted by molar-refractivity contribution is 0.231. The fourth-order valence-electron chi connectivity index (χ4n) is 1.49. The van der Waals surface area contributed by atoms with E-state index in [1.807, 2.05) is 0 Å². The van der Waals surface area contributed by atoms with E-state index in [0.29, 0.717) is 35.4 Å². The monoisotopic (exact) mass is 253 g/mol. The van der Waals surface area contributed by atoms with E-state index in [-0.39, 0.29) is 5.95 Å². The number of halogens is 1. The minimum absolute atomic E-state index is 0.0591. The van der Waals surface area contributed by atoms with Crippen molar-refractivity contribution in [3.63, 3.8) is 0 Å². The van der Waals surface area contributed by atoms with Gasteiger partial charge in [-0.3, -0.25) is 0 Å². The lowest BCUT2D eigenvalue weighted by atomic mass is 10.2. The molecule has 0 amide bonds. The Balaban J connectivity index is 2.44. The molecule has 0 unspecified atom stereocenters. The molecule has 0 fully saturated rings. The molecule has 1 aromatic heterocycles. The Hall–Kier alpha value is -1.52. The first-order valence-corrected chi connectivity index (χ1v) is 5.66. The van der Waals surface area contributed by atoms with Crippen molar-refractivity contribution in [2.45, 2.75) is 6.42 Å². The van der Waals surface area contributed by atoms with Crippen LogP contribution < -0.4 is 16.1 Å². The van der Waals surface area contributed by atoms with Crippen molar-refractivity contribution in [2.75, 3.05) is 13.2 Å². The van der Waals surface area contributed by atoms with Gasteiger partial charge in [0.15, 0.2) is 0 Å². The average molecular weight is 254 g/mol. The molecule has 90 valence electrons. The maximum absolute atomic E-state index is 11.7. The van der Waals surface area contributed by atoms with Crippen molar-refractivity contribution < 1.29 is 9.15 Å². The summed E-state index contributed by atoms with van der Waals surface area (Å²) in [6, 6.07) is 6.98. The van der Waals surface area contributed by atoms with Crippen molar-refractivity contribution >= 4 is 22.4 Å². The zero-order valence-electron chi connectivity index (χ0n) is 9.11. The summed E-state index contributed by atoms with van der Waals surface area (Å²) >= 11 is 6.10. The Bertz CT molecular complexity index is 579. The van der Waals surface area contributed by atoms with Crippen LogP contribution in [0.15, 0.2) is 33.5 Å². The third-order valence-electron chi connectivity index (χ3n) is 2.33. The molecule has 0 spiro atoms. The molecule has 0 bridgehead atoms. The molecule has 0 atom stereocenters. The molecule has 0 saturated heterocycles. The summed E-state index contributed by atoms with van der Waals surface area (Å²) in [7, 11) is 0. The van der Waals surface area contributed by atoms with Crippen molar-refractivity contribution in [3.05, 3.63) is 39.7 Å². The average Bonchev–Trinajstić information content (AvgIpc) is 2.36. The summed E-state index contributed by atoms with van der Waals surface area (Å²) in [4.78, 5) is 11.7. The van der Waals surface area contributed by atoms with Gasteiger partial charge in [-0.1, -0.05) is 29.8 Å². The Labute approximate surface area is 103 Å². The number of fused-ring (bicyclic) bond motifs is 1. The van der Waals surface area contributed by atoms with Gasteiger partial charge in [-0.05, 0) is 19.0 Å². The molecule has 0 saturated carbocycles. The molecule has 0 aliphatic carbocycles. The molecular weight excluding hydrogens is 242 g/mol. The van der Waals surface area contributed by atoms with Crippen LogP contribution >= 0.6 is 11.6 Å². The second-order valence-electron chi connectivity index (χ2n) is 3.53. The van der Waals surface area contributed by atoms with Crippen LogP contribution in [0.3, 0.4) is 0 Å². The summed E-state index contributed by atoms with van der Waals surface area (Å²) in [6.07, 6.45) is 0.673. The van der Waals surface area contributed by atoms with Gasteiger partial charge in [0, 0.05) is 5.39 Å². The number of hydrogen-bond donors (Lipinski definition) is 1. The van der Waals surface area contributed by atoms with Gasteiger partial charge in [0.2, 0.25) is 0 Å². The number of rotatable bonds is 4. The molecule has 0 radical (unpaired) electrons. The minimum atomic E-state index is -0.451. The second kappa shape index (κ2) is 5.21. The molecule has 4 nitrogen and oxygen atoms in total. The van der Waals surface area contributed by atoms with E-state index in [9.17, 15) is 4.79 Å². The SMILES string of the molecule is NCCCOc1oc(=O)c2ccccc2c1Cl. The van der Waals surface area contributed by atoms with Gasteiger partial charge in [0.25, 0.3) is 0 Å². The normalized spacial score (nSPS) is 10.7. The molecular formula is C12H12ClNO3. The highest BCUT2D eigenvalue weighted by Gasteiger charge is 2.12. The van der Waals surface area contributed by atoms with E-state index in [2.05, 4.69) is 0 Å². The fourth-order valence-corrected chi connectivity index (χ4v) is 1.75. The quantitative estimate of drug-likeness (QED) is 0.848. The highest BCUT2D eigenvalue weighted by atomic mass is 35.5. The van der Waals surface area contributed by atoms with Gasteiger partial charge in [-0.25, -0.2) is 4.79 Å². The van der Waals surface area contributed by atoms with Gasteiger partial charge in [-0.2, -0.15) is 0 Å². The Morgan fingerprint density at radius 3 is 2.71 bits per heavy atom. The highest BCUT2D eigenvalue weighted by molar-refractivity contribution is 6.36. The molecule has 2 N–H and O–H groups in total. The Kier molecular flexibility index (Phi) is 3.66. The second-order valence-corrected chi connectivity index (χ2v) is 3.91. The van der Waals surface area contributed by atoms with Crippen molar-refractivity contribution in [3.8, 4) is 5.95 Å². The molecule has 17 heavy (non-hydrogen) atoms. The van der Waals surface area contributed by atoms with Gasteiger partial charge in [0.1, 0.15) is 5.02 Å². The number of nitrogens with two attached hydrogens (primary N) is 1. The van der Waals surface area contributed by atoms with Crippen LogP contribution in [-0.4, -0.2) is 13.2 Å². The topological polar surface area (TPSA) is 65.5 Å². The zero-order chi connectivity index (χ0) is 12.3. The largest absolute Gasteiger partial charge is 0.464 e. The van der Waals surface area contributed by atoms with E-state index in [1.165, 1.54) is 0 Å². The predicted octanol–water partition coefficient (Wildman–Crippen LogP) is 2.17. The summed E-state index contributed by atoms with van der Waals surface area (Å²) in [6.45, 7) is 0.882. The Morgan fingerprint density at radius 2 is 2.00 bits per heavy atom. The maximum atomic E-state index is 11.7. The molecule has 0 aliphatic rings. The molecule has 0 aliphatic heterocycles. The number of ether oxygens (including phenoxy) is 1.